The van der Waals surface area contributed by atoms with E-state index >= 15 is 0 Å². The Labute approximate surface area is 108 Å². The molecule has 0 unspecified atom stereocenters. The number of rotatable bonds is 4. The second-order valence-electron chi connectivity index (χ2n) is 3.48. The van der Waals surface area contributed by atoms with E-state index < -0.39 is 0 Å². The molecule has 0 amide bonds. The number of likely N-dealkylation sites (N-methyl/N-ethyl adjacent to an activating group) is 1. The molecule has 1 aromatic heterocycles. The molecule has 2 aromatic rings. The van der Waals surface area contributed by atoms with E-state index in [1.54, 1.807) is 6.20 Å². The summed E-state index contributed by atoms with van der Waals surface area (Å²) in [5.41, 5.74) is 1.07. The van der Waals surface area contributed by atoms with Gasteiger partial charge >= 0.3 is 0 Å². The van der Waals surface area contributed by atoms with E-state index in [-0.39, 0.29) is 0 Å². The van der Waals surface area contributed by atoms with Gasteiger partial charge in [0.05, 0.1) is 6.20 Å². The Balaban J connectivity index is 2.15. The third kappa shape index (κ3) is 2.82. The molecule has 0 saturated heterocycles. The Bertz CT molecular complexity index is 450. The summed E-state index contributed by atoms with van der Waals surface area (Å²) in [4.78, 5) is 4.24. The number of benzene rings is 1. The first-order chi connectivity index (χ1) is 7.79. The lowest BCUT2D eigenvalue weighted by atomic mass is 10.2. The van der Waals surface area contributed by atoms with E-state index in [4.69, 9.17) is 4.42 Å². The van der Waals surface area contributed by atoms with Gasteiger partial charge in [0.2, 0.25) is 0 Å². The summed E-state index contributed by atoms with van der Waals surface area (Å²) in [6.45, 7) is 0.882. The van der Waals surface area contributed by atoms with Crippen LogP contribution in [0.3, 0.4) is 0 Å². The second-order valence-corrected chi connectivity index (χ2v) is 4.72. The molecule has 0 spiro atoms. The number of nitrogens with one attached hydrogen (secondary N) is 1. The van der Waals surface area contributed by atoms with Crippen molar-refractivity contribution in [1.29, 1.82) is 0 Å². The Morgan fingerprint density at radius 3 is 2.75 bits per heavy atom. The van der Waals surface area contributed by atoms with Gasteiger partial charge in [-0.25, -0.2) is 4.98 Å². The Morgan fingerprint density at radius 2 is 2.06 bits per heavy atom. The second kappa shape index (κ2) is 5.45. The van der Waals surface area contributed by atoms with Crippen LogP contribution in [0.2, 0.25) is 0 Å². The van der Waals surface area contributed by atoms with Crippen LogP contribution in [-0.4, -0.2) is 18.6 Å². The van der Waals surface area contributed by atoms with Gasteiger partial charge in [0, 0.05) is 22.1 Å². The quantitative estimate of drug-likeness (QED) is 0.877. The molecule has 1 N–H and O–H groups in total. The number of hydrogen-bond donors (Lipinski definition) is 1. The highest BCUT2D eigenvalue weighted by atomic mass is 127. The normalized spacial score (nSPS) is 10.6. The fraction of sp³-hybridized carbons (Fsp3) is 0.250. The molecule has 0 bridgehead atoms. The van der Waals surface area contributed by atoms with Crippen LogP contribution in [0.5, 0.6) is 0 Å². The van der Waals surface area contributed by atoms with Crippen molar-refractivity contribution in [3.8, 4) is 11.3 Å². The number of aromatic nitrogens is 1. The van der Waals surface area contributed by atoms with Crippen molar-refractivity contribution >= 4 is 22.6 Å². The van der Waals surface area contributed by atoms with Crippen LogP contribution in [0, 0.1) is 3.57 Å². The summed E-state index contributed by atoms with van der Waals surface area (Å²) in [6, 6.07) is 8.21. The van der Waals surface area contributed by atoms with Gasteiger partial charge < -0.3 is 9.73 Å². The molecule has 2 rings (SSSR count). The molecule has 84 valence electrons. The molecule has 0 fully saturated rings. The van der Waals surface area contributed by atoms with Gasteiger partial charge in [0.25, 0.3) is 0 Å². The third-order valence-corrected chi connectivity index (χ3v) is 2.99. The first kappa shape index (κ1) is 11.6. The van der Waals surface area contributed by atoms with Crippen LogP contribution in [0.15, 0.2) is 34.9 Å². The van der Waals surface area contributed by atoms with Crippen molar-refractivity contribution in [2.75, 3.05) is 13.6 Å². The molecule has 1 aromatic carbocycles. The molecule has 0 atom stereocenters. The molecule has 0 aliphatic carbocycles. The fourth-order valence-corrected chi connectivity index (χ4v) is 1.76. The SMILES string of the molecule is CNCCc1ncc(-c2ccc(I)cc2)o1. The van der Waals surface area contributed by atoms with Gasteiger partial charge in [-0.1, -0.05) is 12.1 Å². The predicted molar refractivity (Wildman–Crippen MR) is 72.3 cm³/mol. The highest BCUT2D eigenvalue weighted by Gasteiger charge is 2.05. The molecular formula is C12H13IN2O. The van der Waals surface area contributed by atoms with Crippen molar-refractivity contribution in [3.05, 3.63) is 39.9 Å². The summed E-state index contributed by atoms with van der Waals surface area (Å²) < 4.78 is 6.88. The first-order valence-corrected chi connectivity index (χ1v) is 6.22. The van der Waals surface area contributed by atoms with Crippen LogP contribution in [0.25, 0.3) is 11.3 Å². The van der Waals surface area contributed by atoms with Gasteiger partial charge in [-0.3, -0.25) is 0 Å². The van der Waals surface area contributed by atoms with Crippen molar-refractivity contribution in [1.82, 2.24) is 10.3 Å². The molecule has 0 aliphatic rings. The van der Waals surface area contributed by atoms with Gasteiger partial charge in [0.15, 0.2) is 11.7 Å². The van der Waals surface area contributed by atoms with E-state index in [1.807, 2.05) is 19.2 Å². The van der Waals surface area contributed by atoms with Gasteiger partial charge in [0.1, 0.15) is 0 Å². The van der Waals surface area contributed by atoms with Crippen LogP contribution >= 0.6 is 22.6 Å². The maximum atomic E-state index is 5.66. The van der Waals surface area contributed by atoms with Gasteiger partial charge in [-0.2, -0.15) is 0 Å². The summed E-state index contributed by atoms with van der Waals surface area (Å²) in [6.07, 6.45) is 2.61. The Morgan fingerprint density at radius 1 is 1.31 bits per heavy atom. The highest BCUT2D eigenvalue weighted by molar-refractivity contribution is 14.1. The van der Waals surface area contributed by atoms with Crippen LogP contribution < -0.4 is 5.32 Å². The van der Waals surface area contributed by atoms with E-state index in [0.29, 0.717) is 0 Å². The summed E-state index contributed by atoms with van der Waals surface area (Å²) in [7, 11) is 1.92. The minimum atomic E-state index is 0.780. The standard InChI is InChI=1S/C12H13IN2O/c1-14-7-6-12-15-8-11(16-12)9-2-4-10(13)5-3-9/h2-5,8,14H,6-7H2,1H3. The van der Waals surface area contributed by atoms with Gasteiger partial charge in [-0.05, 0) is 41.8 Å². The molecule has 3 nitrogen and oxygen atoms in total. The van der Waals surface area contributed by atoms with Crippen molar-refractivity contribution in [2.45, 2.75) is 6.42 Å². The predicted octanol–water partition coefficient (Wildman–Crippen LogP) is 2.71. The fourth-order valence-electron chi connectivity index (χ4n) is 1.41. The lowest BCUT2D eigenvalue weighted by Crippen LogP contribution is -2.10. The number of hydrogen-bond acceptors (Lipinski definition) is 3. The lowest BCUT2D eigenvalue weighted by molar-refractivity contribution is 0.501. The Kier molecular flexibility index (Phi) is 3.95. The molecular weight excluding hydrogens is 315 g/mol. The summed E-state index contributed by atoms with van der Waals surface area (Å²) in [5.74, 6) is 1.62. The summed E-state index contributed by atoms with van der Waals surface area (Å²) in [5, 5.41) is 3.07. The molecule has 0 saturated carbocycles. The number of oxazole rings is 1. The zero-order chi connectivity index (χ0) is 11.4. The maximum absolute atomic E-state index is 5.66. The lowest BCUT2D eigenvalue weighted by Gasteiger charge is -1.96. The van der Waals surface area contributed by atoms with Crippen molar-refractivity contribution < 1.29 is 4.42 Å². The van der Waals surface area contributed by atoms with Crippen LogP contribution in [-0.2, 0) is 6.42 Å². The minimum Gasteiger partial charge on any atom is -0.441 e. The average Bonchev–Trinajstić information content (AvgIpc) is 2.76. The Hall–Kier alpha value is -0.880. The largest absolute Gasteiger partial charge is 0.441 e. The zero-order valence-electron chi connectivity index (χ0n) is 9.03. The van der Waals surface area contributed by atoms with Crippen molar-refractivity contribution in [3.63, 3.8) is 0 Å². The van der Waals surface area contributed by atoms with E-state index in [2.05, 4.69) is 45.0 Å². The molecule has 16 heavy (non-hydrogen) atoms. The molecule has 1 heterocycles. The summed E-state index contributed by atoms with van der Waals surface area (Å²) >= 11 is 2.28. The maximum Gasteiger partial charge on any atom is 0.196 e. The monoisotopic (exact) mass is 328 g/mol. The zero-order valence-corrected chi connectivity index (χ0v) is 11.2. The third-order valence-electron chi connectivity index (χ3n) is 2.27. The minimum absolute atomic E-state index is 0.780. The van der Waals surface area contributed by atoms with E-state index in [9.17, 15) is 0 Å². The number of halogens is 1. The van der Waals surface area contributed by atoms with Crippen molar-refractivity contribution in [2.24, 2.45) is 0 Å². The van der Waals surface area contributed by atoms with E-state index in [1.165, 1.54) is 3.57 Å². The smallest absolute Gasteiger partial charge is 0.196 e. The topological polar surface area (TPSA) is 38.1 Å². The van der Waals surface area contributed by atoms with Crippen LogP contribution in [0.1, 0.15) is 5.89 Å². The van der Waals surface area contributed by atoms with Crippen LogP contribution in [0.4, 0.5) is 0 Å². The average molecular weight is 328 g/mol. The number of nitrogens with zero attached hydrogens (tertiary/aromatic N) is 1. The highest BCUT2D eigenvalue weighted by Crippen LogP contribution is 2.21. The molecule has 0 radical (unpaired) electrons. The molecule has 4 heteroatoms. The molecule has 0 aliphatic heterocycles. The van der Waals surface area contributed by atoms with E-state index in [0.717, 1.165) is 30.2 Å². The first-order valence-electron chi connectivity index (χ1n) is 5.15. The van der Waals surface area contributed by atoms with Gasteiger partial charge in [-0.15, -0.1) is 0 Å².